The van der Waals surface area contributed by atoms with Crippen LogP contribution < -0.4 is 16.6 Å². The number of nitrogen functional groups attached to an aromatic ring is 1. The van der Waals surface area contributed by atoms with Crippen LogP contribution in [0.1, 0.15) is 59.2 Å². The Morgan fingerprint density at radius 1 is 1.16 bits per heavy atom. The smallest absolute Gasteiger partial charge is 0.145 e. The van der Waals surface area contributed by atoms with E-state index in [1.165, 1.54) is 6.42 Å². The molecule has 0 amide bonds. The van der Waals surface area contributed by atoms with E-state index in [1.807, 2.05) is 6.07 Å². The van der Waals surface area contributed by atoms with Crippen LogP contribution in [0.3, 0.4) is 0 Å². The number of aromatic nitrogens is 2. The summed E-state index contributed by atoms with van der Waals surface area (Å²) in [5.41, 5.74) is 2.60. The van der Waals surface area contributed by atoms with E-state index in [4.69, 9.17) is 5.84 Å². The van der Waals surface area contributed by atoms with Crippen molar-refractivity contribution in [3.05, 3.63) is 11.9 Å². The van der Waals surface area contributed by atoms with Gasteiger partial charge in [-0.05, 0) is 19.3 Å². The first kappa shape index (κ1) is 15.7. The van der Waals surface area contributed by atoms with E-state index < -0.39 is 0 Å². The maximum absolute atomic E-state index is 5.45. The monoisotopic (exact) mass is 265 g/mol. The van der Waals surface area contributed by atoms with Gasteiger partial charge >= 0.3 is 0 Å². The van der Waals surface area contributed by atoms with Crippen LogP contribution in [-0.4, -0.2) is 16.0 Å². The van der Waals surface area contributed by atoms with Crippen molar-refractivity contribution >= 4 is 11.6 Å². The van der Waals surface area contributed by atoms with Gasteiger partial charge in [0.1, 0.15) is 17.5 Å². The highest BCUT2D eigenvalue weighted by atomic mass is 15.3. The zero-order valence-corrected chi connectivity index (χ0v) is 12.7. The maximum atomic E-state index is 5.45. The van der Waals surface area contributed by atoms with E-state index in [1.54, 1.807) is 0 Å². The van der Waals surface area contributed by atoms with Crippen molar-refractivity contribution in [2.75, 3.05) is 10.7 Å². The van der Waals surface area contributed by atoms with E-state index >= 15 is 0 Å². The van der Waals surface area contributed by atoms with Crippen LogP contribution in [0.25, 0.3) is 0 Å². The first-order valence-electron chi connectivity index (χ1n) is 7.08. The van der Waals surface area contributed by atoms with Gasteiger partial charge in [0.2, 0.25) is 0 Å². The third-order valence-corrected chi connectivity index (χ3v) is 3.25. The highest BCUT2D eigenvalue weighted by Crippen LogP contribution is 2.19. The van der Waals surface area contributed by atoms with E-state index in [9.17, 15) is 0 Å². The van der Waals surface area contributed by atoms with Crippen molar-refractivity contribution in [3.63, 3.8) is 0 Å². The second-order valence-electron chi connectivity index (χ2n) is 5.59. The molecule has 19 heavy (non-hydrogen) atoms. The summed E-state index contributed by atoms with van der Waals surface area (Å²) in [5, 5.41) is 3.43. The minimum atomic E-state index is 0.277. The van der Waals surface area contributed by atoms with Crippen molar-refractivity contribution in [2.45, 2.75) is 59.4 Å². The molecule has 2 atom stereocenters. The van der Waals surface area contributed by atoms with Crippen molar-refractivity contribution in [3.8, 4) is 0 Å². The van der Waals surface area contributed by atoms with E-state index in [2.05, 4.69) is 55.3 Å². The molecule has 0 radical (unpaired) electrons. The van der Waals surface area contributed by atoms with Gasteiger partial charge in [-0.3, -0.25) is 0 Å². The van der Waals surface area contributed by atoms with Crippen molar-refractivity contribution in [2.24, 2.45) is 11.8 Å². The van der Waals surface area contributed by atoms with Crippen molar-refractivity contribution < 1.29 is 0 Å². The molecule has 1 aromatic rings. The Morgan fingerprint density at radius 2 is 1.79 bits per heavy atom. The van der Waals surface area contributed by atoms with Crippen LogP contribution >= 0.6 is 0 Å². The lowest BCUT2D eigenvalue weighted by molar-refractivity contribution is 0.483. The van der Waals surface area contributed by atoms with Gasteiger partial charge in [-0.1, -0.05) is 34.1 Å². The number of anilines is 2. The third-order valence-electron chi connectivity index (χ3n) is 3.25. The molecule has 0 saturated heterocycles. The van der Waals surface area contributed by atoms with E-state index in [0.717, 1.165) is 18.1 Å². The molecule has 1 rings (SSSR count). The molecule has 5 heteroatoms. The fourth-order valence-corrected chi connectivity index (χ4v) is 1.95. The Morgan fingerprint density at radius 3 is 2.32 bits per heavy atom. The molecular formula is C14H27N5. The number of rotatable bonds is 7. The van der Waals surface area contributed by atoms with Gasteiger partial charge in [0.25, 0.3) is 0 Å². The van der Waals surface area contributed by atoms with Gasteiger partial charge in [-0.25, -0.2) is 15.8 Å². The Kier molecular flexibility index (Phi) is 6.02. The van der Waals surface area contributed by atoms with Gasteiger partial charge in [0.05, 0.1) is 0 Å². The zero-order valence-electron chi connectivity index (χ0n) is 12.7. The molecule has 108 valence electrons. The molecule has 0 aliphatic heterocycles. The third kappa shape index (κ3) is 5.03. The Labute approximate surface area is 116 Å². The molecule has 4 N–H and O–H groups in total. The Hall–Kier alpha value is -1.36. The lowest BCUT2D eigenvalue weighted by Crippen LogP contribution is -2.20. The van der Waals surface area contributed by atoms with Crippen LogP contribution in [0.15, 0.2) is 6.07 Å². The van der Waals surface area contributed by atoms with Gasteiger partial charge in [-0.2, -0.15) is 0 Å². The summed E-state index contributed by atoms with van der Waals surface area (Å²) < 4.78 is 0. The average molecular weight is 265 g/mol. The average Bonchev–Trinajstić information content (AvgIpc) is 2.37. The predicted octanol–water partition coefficient (Wildman–Crippen LogP) is 3.12. The fraction of sp³-hybridized carbons (Fsp3) is 0.714. The molecule has 1 aromatic heterocycles. The summed E-state index contributed by atoms with van der Waals surface area (Å²) in [5.74, 6) is 8.72. The fourth-order valence-electron chi connectivity index (χ4n) is 1.95. The number of nitrogens with zero attached hydrogens (tertiary/aromatic N) is 2. The SMILES string of the molecule is CCC(C)CC(C)Nc1cc(NN)nc(C(C)C)n1. The Balaban J connectivity index is 2.79. The summed E-state index contributed by atoms with van der Waals surface area (Å²) in [6.45, 7) is 10.8. The molecule has 0 aromatic carbocycles. The second-order valence-corrected chi connectivity index (χ2v) is 5.59. The molecule has 0 bridgehead atoms. The lowest BCUT2D eigenvalue weighted by atomic mass is 10.0. The van der Waals surface area contributed by atoms with Gasteiger partial charge in [0, 0.05) is 18.0 Å². The first-order valence-corrected chi connectivity index (χ1v) is 7.08. The van der Waals surface area contributed by atoms with E-state index in [-0.39, 0.29) is 5.92 Å². The largest absolute Gasteiger partial charge is 0.367 e. The number of nitrogens with two attached hydrogens (primary N) is 1. The predicted molar refractivity (Wildman–Crippen MR) is 81.1 cm³/mol. The van der Waals surface area contributed by atoms with Crippen LogP contribution in [0.4, 0.5) is 11.6 Å². The molecule has 5 nitrogen and oxygen atoms in total. The van der Waals surface area contributed by atoms with E-state index in [0.29, 0.717) is 17.8 Å². The molecule has 0 aliphatic carbocycles. The minimum absolute atomic E-state index is 0.277. The minimum Gasteiger partial charge on any atom is -0.367 e. The molecular weight excluding hydrogens is 238 g/mol. The first-order chi connectivity index (χ1) is 8.96. The molecule has 0 saturated carbocycles. The second kappa shape index (κ2) is 7.28. The normalized spacial score (nSPS) is 14.3. The molecule has 2 unspecified atom stereocenters. The highest BCUT2D eigenvalue weighted by molar-refractivity contribution is 5.47. The van der Waals surface area contributed by atoms with Gasteiger partial charge in [0.15, 0.2) is 0 Å². The van der Waals surface area contributed by atoms with Crippen LogP contribution in [-0.2, 0) is 0 Å². The summed E-state index contributed by atoms with van der Waals surface area (Å²) in [6, 6.07) is 2.23. The summed E-state index contributed by atoms with van der Waals surface area (Å²) in [4.78, 5) is 8.88. The molecule has 0 spiro atoms. The summed E-state index contributed by atoms with van der Waals surface area (Å²) >= 11 is 0. The number of hydrogen-bond acceptors (Lipinski definition) is 5. The van der Waals surface area contributed by atoms with Gasteiger partial charge < -0.3 is 10.7 Å². The summed E-state index contributed by atoms with van der Waals surface area (Å²) in [6.07, 6.45) is 2.32. The van der Waals surface area contributed by atoms with Gasteiger partial charge in [-0.15, -0.1) is 0 Å². The maximum Gasteiger partial charge on any atom is 0.145 e. The zero-order chi connectivity index (χ0) is 14.4. The number of nitrogens with one attached hydrogen (secondary N) is 2. The molecule has 1 heterocycles. The summed E-state index contributed by atoms with van der Waals surface area (Å²) in [7, 11) is 0. The van der Waals surface area contributed by atoms with Crippen LogP contribution in [0.2, 0.25) is 0 Å². The van der Waals surface area contributed by atoms with Crippen LogP contribution in [0.5, 0.6) is 0 Å². The number of hydrazine groups is 1. The van der Waals surface area contributed by atoms with Crippen LogP contribution in [0, 0.1) is 5.92 Å². The topological polar surface area (TPSA) is 75.9 Å². The quantitative estimate of drug-likeness (QED) is 0.521. The van der Waals surface area contributed by atoms with Crippen molar-refractivity contribution in [1.82, 2.24) is 9.97 Å². The standard InChI is InChI=1S/C14H27N5/c1-6-10(4)7-11(5)16-12-8-13(19-15)18-14(17-12)9(2)3/h8-11H,6-7,15H2,1-5H3,(H2,16,17,18,19). The molecule has 0 aliphatic rings. The highest BCUT2D eigenvalue weighted by Gasteiger charge is 2.11. The molecule has 0 fully saturated rings. The van der Waals surface area contributed by atoms with Crippen molar-refractivity contribution in [1.29, 1.82) is 0 Å². The number of hydrogen-bond donors (Lipinski definition) is 3. The lowest BCUT2D eigenvalue weighted by Gasteiger charge is -2.19. The Bertz CT molecular complexity index is 391.